The number of nitrogens with zero attached hydrogens (tertiary/aromatic N) is 3. The molecule has 5 nitrogen and oxygen atoms in total. The van der Waals surface area contributed by atoms with E-state index in [0.717, 1.165) is 0 Å². The highest BCUT2D eigenvalue weighted by molar-refractivity contribution is 6.33. The Morgan fingerprint density at radius 2 is 2.15 bits per heavy atom. The van der Waals surface area contributed by atoms with E-state index in [1.165, 1.54) is 0 Å². The Bertz CT molecular complexity index is 598. The first kappa shape index (κ1) is 14.5. The van der Waals surface area contributed by atoms with E-state index < -0.39 is 0 Å². The van der Waals surface area contributed by atoms with Crippen LogP contribution in [0.4, 0.5) is 0 Å². The maximum Gasteiger partial charge on any atom is 0.259 e. The Labute approximate surface area is 122 Å². The number of carbonyl (C=O) groups is 1. The lowest BCUT2D eigenvalue weighted by Crippen LogP contribution is -2.28. The van der Waals surface area contributed by atoms with Crippen molar-refractivity contribution in [2.75, 3.05) is 13.6 Å². The van der Waals surface area contributed by atoms with Crippen LogP contribution in [0.25, 0.3) is 11.5 Å². The summed E-state index contributed by atoms with van der Waals surface area (Å²) in [6.07, 6.45) is 1.05. The van der Waals surface area contributed by atoms with Gasteiger partial charge in [-0.1, -0.05) is 35.8 Å². The van der Waals surface area contributed by atoms with Gasteiger partial charge in [-0.3, -0.25) is 4.79 Å². The fourth-order valence-electron chi connectivity index (χ4n) is 1.76. The zero-order chi connectivity index (χ0) is 14.5. The van der Waals surface area contributed by atoms with E-state index in [9.17, 15) is 4.79 Å². The number of carbonyl (C=O) groups excluding carboxylic acids is 1. The average Bonchev–Trinajstić information content (AvgIpc) is 2.93. The van der Waals surface area contributed by atoms with Crippen LogP contribution in [0.15, 0.2) is 28.8 Å². The van der Waals surface area contributed by atoms with Crippen molar-refractivity contribution in [3.63, 3.8) is 0 Å². The van der Waals surface area contributed by atoms with E-state index >= 15 is 0 Å². The van der Waals surface area contributed by atoms with Gasteiger partial charge in [0.2, 0.25) is 5.91 Å². The van der Waals surface area contributed by atoms with Gasteiger partial charge >= 0.3 is 0 Å². The number of amides is 1. The van der Waals surface area contributed by atoms with Crippen molar-refractivity contribution in [2.24, 2.45) is 0 Å². The van der Waals surface area contributed by atoms with Crippen molar-refractivity contribution in [3.05, 3.63) is 35.1 Å². The Morgan fingerprint density at radius 1 is 1.40 bits per heavy atom. The molecule has 2 rings (SSSR count). The first-order chi connectivity index (χ1) is 9.61. The van der Waals surface area contributed by atoms with Gasteiger partial charge in [-0.2, -0.15) is 4.98 Å². The maximum atomic E-state index is 11.4. The molecule has 20 heavy (non-hydrogen) atoms. The number of rotatable bonds is 5. The van der Waals surface area contributed by atoms with E-state index in [1.807, 2.05) is 25.1 Å². The minimum atomic E-state index is 0.0971. The number of hydrogen-bond acceptors (Lipinski definition) is 4. The van der Waals surface area contributed by atoms with Gasteiger partial charge in [-0.15, -0.1) is 0 Å². The summed E-state index contributed by atoms with van der Waals surface area (Å²) in [5, 5.41) is 4.48. The second-order valence-electron chi connectivity index (χ2n) is 4.41. The quantitative estimate of drug-likeness (QED) is 0.850. The van der Waals surface area contributed by atoms with Crippen LogP contribution in [-0.4, -0.2) is 34.5 Å². The maximum absolute atomic E-state index is 11.4. The molecular formula is C14H16ClN3O2. The van der Waals surface area contributed by atoms with Crippen LogP contribution in [0.2, 0.25) is 5.02 Å². The lowest BCUT2D eigenvalue weighted by atomic mass is 10.2. The van der Waals surface area contributed by atoms with Gasteiger partial charge in [0, 0.05) is 26.4 Å². The zero-order valence-corrected chi connectivity index (χ0v) is 12.2. The highest BCUT2D eigenvalue weighted by Gasteiger charge is 2.13. The highest BCUT2D eigenvalue weighted by Crippen LogP contribution is 2.25. The van der Waals surface area contributed by atoms with Gasteiger partial charge in [0.25, 0.3) is 5.89 Å². The fourth-order valence-corrected chi connectivity index (χ4v) is 1.98. The predicted octanol–water partition coefficient (Wildman–Crippen LogP) is 2.80. The Hall–Kier alpha value is -1.88. The summed E-state index contributed by atoms with van der Waals surface area (Å²) in [7, 11) is 1.76. The van der Waals surface area contributed by atoms with Gasteiger partial charge in [0.05, 0.1) is 10.6 Å². The molecule has 0 saturated carbocycles. The lowest BCUT2D eigenvalue weighted by Gasteiger charge is -2.14. The molecule has 106 valence electrons. The highest BCUT2D eigenvalue weighted by atomic mass is 35.5. The first-order valence-electron chi connectivity index (χ1n) is 6.43. The molecule has 0 N–H and O–H groups in total. The molecule has 1 heterocycles. The molecule has 0 bridgehead atoms. The SMILES string of the molecule is CCC(=O)N(C)CCc1noc(-c2ccccc2Cl)n1. The largest absolute Gasteiger partial charge is 0.345 e. The molecular weight excluding hydrogens is 278 g/mol. The summed E-state index contributed by atoms with van der Waals surface area (Å²) in [6, 6.07) is 7.30. The molecule has 0 spiro atoms. The average molecular weight is 294 g/mol. The minimum Gasteiger partial charge on any atom is -0.345 e. The van der Waals surface area contributed by atoms with Crippen LogP contribution in [0.5, 0.6) is 0 Å². The van der Waals surface area contributed by atoms with E-state index in [1.54, 1.807) is 18.0 Å². The van der Waals surface area contributed by atoms with E-state index in [2.05, 4.69) is 10.1 Å². The third-order valence-electron chi connectivity index (χ3n) is 2.97. The monoisotopic (exact) mass is 293 g/mol. The van der Waals surface area contributed by atoms with Crippen molar-refractivity contribution in [1.29, 1.82) is 0 Å². The molecule has 1 aromatic carbocycles. The number of aromatic nitrogens is 2. The number of hydrogen-bond donors (Lipinski definition) is 0. The van der Waals surface area contributed by atoms with Crippen LogP contribution in [-0.2, 0) is 11.2 Å². The third-order valence-corrected chi connectivity index (χ3v) is 3.30. The summed E-state index contributed by atoms with van der Waals surface area (Å²) < 4.78 is 5.20. The smallest absolute Gasteiger partial charge is 0.259 e. The van der Waals surface area contributed by atoms with Crippen molar-refractivity contribution < 1.29 is 9.32 Å². The van der Waals surface area contributed by atoms with Crippen molar-refractivity contribution >= 4 is 17.5 Å². The molecule has 0 unspecified atom stereocenters. The van der Waals surface area contributed by atoms with Gasteiger partial charge < -0.3 is 9.42 Å². The van der Waals surface area contributed by atoms with Gasteiger partial charge in [0.1, 0.15) is 0 Å². The summed E-state index contributed by atoms with van der Waals surface area (Å²) in [4.78, 5) is 17.4. The molecule has 0 atom stereocenters. The van der Waals surface area contributed by atoms with Gasteiger partial charge in [0.15, 0.2) is 5.82 Å². The van der Waals surface area contributed by atoms with Gasteiger partial charge in [-0.25, -0.2) is 0 Å². The molecule has 0 aliphatic carbocycles. The van der Waals surface area contributed by atoms with E-state index in [4.69, 9.17) is 16.1 Å². The molecule has 0 saturated heterocycles. The lowest BCUT2D eigenvalue weighted by molar-refractivity contribution is -0.129. The first-order valence-corrected chi connectivity index (χ1v) is 6.81. The molecule has 0 aliphatic rings. The van der Waals surface area contributed by atoms with Crippen molar-refractivity contribution in [1.82, 2.24) is 15.0 Å². The zero-order valence-electron chi connectivity index (χ0n) is 11.5. The van der Waals surface area contributed by atoms with Crippen LogP contribution >= 0.6 is 11.6 Å². The molecule has 0 radical (unpaired) electrons. The summed E-state index contributed by atoms with van der Waals surface area (Å²) in [6.45, 7) is 2.40. The van der Waals surface area contributed by atoms with Gasteiger partial charge in [-0.05, 0) is 12.1 Å². The minimum absolute atomic E-state index is 0.0971. The van der Waals surface area contributed by atoms with Crippen molar-refractivity contribution in [2.45, 2.75) is 19.8 Å². The third kappa shape index (κ3) is 3.36. The summed E-state index contributed by atoms with van der Waals surface area (Å²) in [5.41, 5.74) is 0.714. The normalized spacial score (nSPS) is 10.6. The fraction of sp³-hybridized carbons (Fsp3) is 0.357. The number of benzene rings is 1. The second kappa shape index (κ2) is 6.52. The molecule has 2 aromatic rings. The van der Waals surface area contributed by atoms with Crippen LogP contribution in [0.1, 0.15) is 19.2 Å². The number of halogens is 1. The second-order valence-corrected chi connectivity index (χ2v) is 4.82. The topological polar surface area (TPSA) is 59.2 Å². The standard InChI is InChI=1S/C14H16ClN3O2/c1-3-13(19)18(2)9-8-12-16-14(20-17-12)10-6-4-5-7-11(10)15/h4-7H,3,8-9H2,1-2H3. The molecule has 0 fully saturated rings. The van der Waals surface area contributed by atoms with Crippen LogP contribution < -0.4 is 0 Å². The molecule has 0 aliphatic heterocycles. The van der Waals surface area contributed by atoms with Crippen LogP contribution in [0, 0.1) is 0 Å². The molecule has 1 aromatic heterocycles. The van der Waals surface area contributed by atoms with Crippen LogP contribution in [0.3, 0.4) is 0 Å². The Morgan fingerprint density at radius 3 is 2.85 bits per heavy atom. The summed E-state index contributed by atoms with van der Waals surface area (Å²) in [5.74, 6) is 1.06. The Balaban J connectivity index is 2.03. The Kier molecular flexibility index (Phi) is 4.74. The molecule has 1 amide bonds. The number of likely N-dealkylation sites (N-methyl/N-ethyl adjacent to an activating group) is 1. The van der Waals surface area contributed by atoms with Crippen molar-refractivity contribution in [3.8, 4) is 11.5 Å². The predicted molar refractivity (Wildman–Crippen MR) is 76.4 cm³/mol. The summed E-state index contributed by atoms with van der Waals surface area (Å²) >= 11 is 6.08. The van der Waals surface area contributed by atoms with E-state index in [-0.39, 0.29) is 5.91 Å². The van der Waals surface area contributed by atoms with E-state index in [0.29, 0.717) is 41.7 Å². The molecule has 6 heteroatoms.